The summed E-state index contributed by atoms with van der Waals surface area (Å²) in [6.07, 6.45) is 1.93. The minimum Gasteiger partial charge on any atom is -0.490 e. The molecule has 4 rings (SSSR count). The third-order valence-electron chi connectivity index (χ3n) is 5.24. The van der Waals surface area contributed by atoms with Gasteiger partial charge < -0.3 is 19.1 Å². The van der Waals surface area contributed by atoms with Crippen LogP contribution in [0.5, 0.6) is 11.5 Å². The van der Waals surface area contributed by atoms with Crippen LogP contribution in [0.25, 0.3) is 0 Å². The average molecular weight is 485 g/mol. The second-order valence-corrected chi connectivity index (χ2v) is 8.63. The number of hydrogen-bond acceptors (Lipinski definition) is 7. The van der Waals surface area contributed by atoms with E-state index in [9.17, 15) is 4.79 Å². The van der Waals surface area contributed by atoms with Crippen molar-refractivity contribution in [1.29, 1.82) is 0 Å². The molecule has 2 aliphatic heterocycles. The Hall–Kier alpha value is -2.90. The van der Waals surface area contributed by atoms with Crippen LogP contribution >= 0.6 is 23.4 Å². The van der Waals surface area contributed by atoms with Crippen molar-refractivity contribution in [2.24, 2.45) is 4.99 Å². The largest absolute Gasteiger partial charge is 0.490 e. The molecular weight excluding hydrogens is 460 g/mol. The molecule has 2 aromatic carbocycles. The molecule has 2 aliphatic rings. The Kier molecular flexibility index (Phi) is 7.30. The number of amidine groups is 1. The van der Waals surface area contributed by atoms with Gasteiger partial charge in [0, 0.05) is 16.8 Å². The van der Waals surface area contributed by atoms with E-state index < -0.39 is 0 Å². The van der Waals surface area contributed by atoms with Gasteiger partial charge in [0.1, 0.15) is 6.61 Å². The molecule has 172 valence electrons. The number of thioether (sulfide) groups is 1. The van der Waals surface area contributed by atoms with Gasteiger partial charge in [-0.3, -0.25) is 0 Å². The Bertz CT molecular complexity index is 1140. The lowest BCUT2D eigenvalue weighted by atomic mass is 9.94. The van der Waals surface area contributed by atoms with E-state index >= 15 is 0 Å². The molecule has 0 spiro atoms. The van der Waals surface area contributed by atoms with Crippen LogP contribution in [-0.2, 0) is 16.1 Å². The number of halogens is 1. The first kappa shape index (κ1) is 23.3. The minimum atomic E-state index is -0.375. The highest BCUT2D eigenvalue weighted by atomic mass is 35.5. The Morgan fingerprint density at radius 3 is 2.70 bits per heavy atom. The Labute approximate surface area is 202 Å². The molecule has 1 atom stereocenters. The van der Waals surface area contributed by atoms with E-state index in [-0.39, 0.29) is 12.0 Å². The monoisotopic (exact) mass is 484 g/mol. The first-order valence-electron chi connectivity index (χ1n) is 10.7. The SMILES string of the molecule is CCOC(=O)C1=C(C)N=C2SC=CN2C1c1ccc(OCc2ccccc2Cl)c(OCC)c1. The van der Waals surface area contributed by atoms with Crippen LogP contribution in [0.1, 0.15) is 37.9 Å². The molecule has 2 heterocycles. The quantitative estimate of drug-likeness (QED) is 0.423. The third-order valence-corrected chi connectivity index (χ3v) is 6.38. The van der Waals surface area contributed by atoms with E-state index in [1.54, 1.807) is 6.92 Å². The summed E-state index contributed by atoms with van der Waals surface area (Å²) in [7, 11) is 0. The number of nitrogens with zero attached hydrogens (tertiary/aromatic N) is 2. The normalized spacial score (nSPS) is 17.0. The lowest BCUT2D eigenvalue weighted by Gasteiger charge is -2.33. The minimum absolute atomic E-state index is 0.294. The zero-order chi connectivity index (χ0) is 23.4. The van der Waals surface area contributed by atoms with E-state index in [1.165, 1.54) is 11.8 Å². The van der Waals surface area contributed by atoms with E-state index in [4.69, 9.17) is 25.8 Å². The van der Waals surface area contributed by atoms with Crippen molar-refractivity contribution in [3.63, 3.8) is 0 Å². The Morgan fingerprint density at radius 2 is 1.94 bits per heavy atom. The third kappa shape index (κ3) is 4.89. The summed E-state index contributed by atoms with van der Waals surface area (Å²) in [4.78, 5) is 19.5. The summed E-state index contributed by atoms with van der Waals surface area (Å²) in [6, 6.07) is 12.9. The van der Waals surface area contributed by atoms with Crippen LogP contribution in [0.15, 0.2) is 70.3 Å². The van der Waals surface area contributed by atoms with Gasteiger partial charge >= 0.3 is 5.97 Å². The molecule has 2 aromatic rings. The van der Waals surface area contributed by atoms with Crippen LogP contribution in [0.4, 0.5) is 0 Å². The van der Waals surface area contributed by atoms with Gasteiger partial charge in [0.15, 0.2) is 16.7 Å². The molecular formula is C25H25ClN2O4S. The van der Waals surface area contributed by atoms with Gasteiger partial charge in [0.2, 0.25) is 0 Å². The summed E-state index contributed by atoms with van der Waals surface area (Å²) >= 11 is 7.79. The molecule has 0 radical (unpaired) electrons. The zero-order valence-electron chi connectivity index (χ0n) is 18.7. The predicted octanol–water partition coefficient (Wildman–Crippen LogP) is 6.09. The fourth-order valence-corrected chi connectivity index (χ4v) is 4.73. The maximum Gasteiger partial charge on any atom is 0.338 e. The fourth-order valence-electron chi connectivity index (χ4n) is 3.75. The maximum absolute atomic E-state index is 12.9. The molecule has 0 saturated heterocycles. The number of esters is 1. The van der Waals surface area contributed by atoms with Crippen molar-refractivity contribution < 1.29 is 19.0 Å². The predicted molar refractivity (Wildman–Crippen MR) is 131 cm³/mol. The maximum atomic E-state index is 12.9. The number of aliphatic imine (C=N–C) groups is 1. The smallest absolute Gasteiger partial charge is 0.338 e. The van der Waals surface area contributed by atoms with Crippen molar-refractivity contribution in [2.75, 3.05) is 13.2 Å². The van der Waals surface area contributed by atoms with Crippen LogP contribution in [0.3, 0.4) is 0 Å². The van der Waals surface area contributed by atoms with Crippen LogP contribution < -0.4 is 9.47 Å². The highest BCUT2D eigenvalue weighted by Gasteiger charge is 2.37. The van der Waals surface area contributed by atoms with Gasteiger partial charge in [-0.1, -0.05) is 47.6 Å². The van der Waals surface area contributed by atoms with Gasteiger partial charge in [0.25, 0.3) is 0 Å². The Morgan fingerprint density at radius 1 is 1.12 bits per heavy atom. The molecule has 6 nitrogen and oxygen atoms in total. The van der Waals surface area contributed by atoms with Gasteiger partial charge in [-0.15, -0.1) is 0 Å². The first-order valence-corrected chi connectivity index (χ1v) is 12.0. The van der Waals surface area contributed by atoms with Crippen molar-refractivity contribution >= 4 is 34.5 Å². The van der Waals surface area contributed by atoms with Crippen molar-refractivity contribution in [2.45, 2.75) is 33.4 Å². The van der Waals surface area contributed by atoms with Gasteiger partial charge in [-0.2, -0.15) is 0 Å². The number of fused-ring (bicyclic) bond motifs is 1. The second-order valence-electron chi connectivity index (χ2n) is 7.35. The Balaban J connectivity index is 1.69. The number of allylic oxidation sites excluding steroid dienone is 1. The van der Waals surface area contributed by atoms with Gasteiger partial charge in [0.05, 0.1) is 30.5 Å². The molecule has 8 heteroatoms. The summed E-state index contributed by atoms with van der Waals surface area (Å²) in [6.45, 7) is 6.64. The number of carbonyl (C=O) groups is 1. The van der Waals surface area contributed by atoms with Crippen molar-refractivity contribution in [1.82, 2.24) is 4.90 Å². The van der Waals surface area contributed by atoms with Crippen molar-refractivity contribution in [3.8, 4) is 11.5 Å². The highest BCUT2D eigenvalue weighted by molar-refractivity contribution is 8.16. The number of carbonyl (C=O) groups excluding carboxylic acids is 1. The fraction of sp³-hybridized carbons (Fsp3) is 0.280. The summed E-state index contributed by atoms with van der Waals surface area (Å²) < 4.78 is 17.3. The molecule has 0 amide bonds. The van der Waals surface area contributed by atoms with Crippen LogP contribution in [-0.4, -0.2) is 29.3 Å². The summed E-state index contributed by atoms with van der Waals surface area (Å²) in [5.74, 6) is 0.836. The molecule has 0 saturated carbocycles. The van der Waals surface area contributed by atoms with Crippen molar-refractivity contribution in [3.05, 3.63) is 81.5 Å². The van der Waals surface area contributed by atoms with Gasteiger partial charge in [-0.25, -0.2) is 9.79 Å². The average Bonchev–Trinajstić information content (AvgIpc) is 3.26. The number of hydrogen-bond donors (Lipinski definition) is 0. The highest BCUT2D eigenvalue weighted by Crippen LogP contribution is 2.43. The standard InChI is InChI=1S/C25H25ClN2O4S/c1-4-30-21-14-17(10-11-20(21)32-15-18-8-6-7-9-19(18)26)23-22(24(29)31-5-2)16(3)27-25-28(23)12-13-33-25/h6-14,23H,4-5,15H2,1-3H3. The molecule has 0 fully saturated rings. The zero-order valence-corrected chi connectivity index (χ0v) is 20.3. The number of ether oxygens (including phenoxy) is 3. The topological polar surface area (TPSA) is 60.4 Å². The second kappa shape index (κ2) is 10.4. The molecule has 0 bridgehead atoms. The van der Waals surface area contributed by atoms with E-state index in [2.05, 4.69) is 4.99 Å². The number of rotatable bonds is 8. The lowest BCUT2D eigenvalue weighted by molar-refractivity contribution is -0.139. The van der Waals surface area contributed by atoms with E-state index in [0.29, 0.717) is 47.6 Å². The van der Waals surface area contributed by atoms with E-state index in [0.717, 1.165) is 16.3 Å². The molecule has 0 N–H and O–H groups in total. The van der Waals surface area contributed by atoms with Gasteiger partial charge in [-0.05, 0) is 49.9 Å². The summed E-state index contributed by atoms with van der Waals surface area (Å²) in [5, 5.41) is 3.43. The van der Waals surface area contributed by atoms with Crippen LogP contribution in [0.2, 0.25) is 5.02 Å². The van der Waals surface area contributed by atoms with E-state index in [1.807, 2.05) is 72.8 Å². The molecule has 0 aliphatic carbocycles. The molecule has 0 aromatic heterocycles. The summed E-state index contributed by atoms with van der Waals surface area (Å²) in [5.41, 5.74) is 2.93. The lowest BCUT2D eigenvalue weighted by Crippen LogP contribution is -2.34. The molecule has 1 unspecified atom stereocenters. The molecule has 33 heavy (non-hydrogen) atoms. The first-order chi connectivity index (χ1) is 16.0. The number of benzene rings is 2. The van der Waals surface area contributed by atoms with Crippen LogP contribution in [0, 0.1) is 0 Å².